The van der Waals surface area contributed by atoms with Gasteiger partial charge in [-0.1, -0.05) is 125 Å². The Morgan fingerprint density at radius 2 is 1.20 bits per heavy atom. The first-order valence-electron chi connectivity index (χ1n) is 15.6. The minimum atomic E-state index is -1.01. The van der Waals surface area contributed by atoms with Gasteiger partial charge >= 0.3 is 11.9 Å². The molecule has 0 fully saturated rings. The third kappa shape index (κ3) is 30.1. The molecule has 0 aliphatic heterocycles. The second kappa shape index (κ2) is 30.3. The lowest BCUT2D eigenvalue weighted by Crippen LogP contribution is -2.25. The largest absolute Gasteiger partial charge is 0.463 e. The van der Waals surface area contributed by atoms with Crippen molar-refractivity contribution in [3.8, 4) is 0 Å². The molecular formula is C35H56O6. The van der Waals surface area contributed by atoms with E-state index in [1.807, 2.05) is 36.5 Å². The van der Waals surface area contributed by atoms with Gasteiger partial charge < -0.3 is 19.7 Å². The molecule has 232 valence electrons. The van der Waals surface area contributed by atoms with Crippen molar-refractivity contribution in [1.29, 1.82) is 0 Å². The molecule has 2 N–H and O–H groups in total. The van der Waals surface area contributed by atoms with E-state index in [0.29, 0.717) is 19.3 Å². The van der Waals surface area contributed by atoms with E-state index in [2.05, 4.69) is 44.2 Å². The standard InChI is InChI=1S/C35H56O6/c1-3-5-7-9-15-20-24-28-34(38)40-30-33(37)31-41-35(39)29-25-21-17-14-12-11-13-16-19-23-27-32(36)26-22-18-10-8-6-4-2/h6,8,11-12,16-19,21-23,27,32-33,36-37H,3-5,7,9-10,13-15,20,24-26,28-31H2,1-2H3/b8-6-,12-11-,19-16-,21-17-,22-18-,27-23+/t32?,33-/m0/s1. The summed E-state index contributed by atoms with van der Waals surface area (Å²) in [4.78, 5) is 23.6. The third-order valence-electron chi connectivity index (χ3n) is 6.05. The molecular weight excluding hydrogens is 516 g/mol. The number of allylic oxidation sites excluding steroid dienone is 10. The summed E-state index contributed by atoms with van der Waals surface area (Å²) in [7, 11) is 0. The number of aliphatic hydroxyl groups is 2. The first kappa shape index (κ1) is 38.3. The van der Waals surface area contributed by atoms with Gasteiger partial charge in [-0.25, -0.2) is 0 Å². The van der Waals surface area contributed by atoms with Crippen LogP contribution >= 0.6 is 0 Å². The van der Waals surface area contributed by atoms with Crippen LogP contribution in [0.2, 0.25) is 0 Å². The normalized spacial score (nSPS) is 14.0. The highest BCUT2D eigenvalue weighted by atomic mass is 16.6. The molecule has 0 aliphatic rings. The van der Waals surface area contributed by atoms with Crippen molar-refractivity contribution in [2.45, 2.75) is 122 Å². The Labute approximate surface area is 249 Å². The summed E-state index contributed by atoms with van der Waals surface area (Å²) >= 11 is 0. The molecule has 0 bridgehead atoms. The number of carbonyl (C=O) groups excluding carboxylic acids is 2. The van der Waals surface area contributed by atoms with Crippen molar-refractivity contribution >= 4 is 11.9 Å². The predicted molar refractivity (Wildman–Crippen MR) is 169 cm³/mol. The fraction of sp³-hybridized carbons (Fsp3) is 0.600. The Hall–Kier alpha value is -2.70. The highest BCUT2D eigenvalue weighted by molar-refractivity contribution is 5.70. The molecule has 2 atom stereocenters. The van der Waals surface area contributed by atoms with E-state index < -0.39 is 12.2 Å². The van der Waals surface area contributed by atoms with Crippen LogP contribution in [0.25, 0.3) is 0 Å². The molecule has 0 aromatic carbocycles. The first-order chi connectivity index (χ1) is 20.0. The Bertz CT molecular complexity index is 805. The van der Waals surface area contributed by atoms with Gasteiger partial charge in [-0.05, 0) is 44.9 Å². The van der Waals surface area contributed by atoms with E-state index in [9.17, 15) is 19.8 Å². The predicted octanol–water partition coefficient (Wildman–Crippen LogP) is 8.02. The van der Waals surface area contributed by atoms with Gasteiger partial charge in [-0.3, -0.25) is 9.59 Å². The molecule has 6 heteroatoms. The average molecular weight is 573 g/mol. The van der Waals surface area contributed by atoms with Crippen LogP contribution in [-0.2, 0) is 19.1 Å². The van der Waals surface area contributed by atoms with Crippen molar-refractivity contribution in [2.75, 3.05) is 13.2 Å². The fourth-order valence-electron chi connectivity index (χ4n) is 3.66. The van der Waals surface area contributed by atoms with Crippen molar-refractivity contribution in [2.24, 2.45) is 0 Å². The first-order valence-corrected chi connectivity index (χ1v) is 15.6. The molecule has 0 radical (unpaired) electrons. The number of aliphatic hydroxyl groups excluding tert-OH is 2. The lowest BCUT2D eigenvalue weighted by Gasteiger charge is -2.12. The number of hydrogen-bond donors (Lipinski definition) is 2. The number of hydrogen-bond acceptors (Lipinski definition) is 6. The maximum absolute atomic E-state index is 11.8. The van der Waals surface area contributed by atoms with Crippen LogP contribution in [0.1, 0.15) is 110 Å². The molecule has 6 nitrogen and oxygen atoms in total. The Morgan fingerprint density at radius 3 is 1.88 bits per heavy atom. The summed E-state index contributed by atoms with van der Waals surface area (Å²) in [6, 6.07) is 0. The SMILES string of the molecule is CC/C=C\C/C=C\CC(O)/C=C/C=C\C/C=C\C/C=C\CCC(=O)OC[C@@H](O)COC(=O)CCCCCCCCC. The van der Waals surface area contributed by atoms with Crippen LogP contribution in [-0.4, -0.2) is 47.6 Å². The molecule has 0 aliphatic carbocycles. The zero-order valence-electron chi connectivity index (χ0n) is 25.6. The number of rotatable bonds is 26. The van der Waals surface area contributed by atoms with E-state index in [1.165, 1.54) is 25.7 Å². The van der Waals surface area contributed by atoms with Gasteiger partial charge in [-0.2, -0.15) is 0 Å². The number of esters is 2. The van der Waals surface area contributed by atoms with Crippen molar-refractivity contribution in [3.05, 3.63) is 72.9 Å². The lowest BCUT2D eigenvalue weighted by atomic mass is 10.1. The zero-order chi connectivity index (χ0) is 30.2. The minimum Gasteiger partial charge on any atom is -0.463 e. The average Bonchev–Trinajstić information content (AvgIpc) is 2.96. The summed E-state index contributed by atoms with van der Waals surface area (Å²) in [6.45, 7) is 3.97. The Balaban J connectivity index is 3.75. The van der Waals surface area contributed by atoms with E-state index in [0.717, 1.165) is 44.9 Å². The molecule has 0 heterocycles. The number of unbranched alkanes of at least 4 members (excludes halogenated alkanes) is 6. The van der Waals surface area contributed by atoms with Crippen molar-refractivity contribution in [1.82, 2.24) is 0 Å². The van der Waals surface area contributed by atoms with Gasteiger partial charge in [0, 0.05) is 12.8 Å². The van der Waals surface area contributed by atoms with Crippen LogP contribution in [0.5, 0.6) is 0 Å². The Morgan fingerprint density at radius 1 is 0.634 bits per heavy atom. The van der Waals surface area contributed by atoms with Gasteiger partial charge in [0.2, 0.25) is 0 Å². The second-order valence-electron chi connectivity index (χ2n) is 10.0. The molecule has 0 saturated heterocycles. The summed E-state index contributed by atoms with van der Waals surface area (Å²) in [5, 5.41) is 19.8. The topological polar surface area (TPSA) is 93.1 Å². The maximum atomic E-state index is 11.8. The minimum absolute atomic E-state index is 0.155. The summed E-state index contributed by atoms with van der Waals surface area (Å²) in [6.07, 6.45) is 35.7. The summed E-state index contributed by atoms with van der Waals surface area (Å²) in [5.41, 5.74) is 0. The highest BCUT2D eigenvalue weighted by Gasteiger charge is 2.11. The van der Waals surface area contributed by atoms with E-state index in [4.69, 9.17) is 9.47 Å². The van der Waals surface area contributed by atoms with Crippen LogP contribution in [0.4, 0.5) is 0 Å². The molecule has 0 aromatic rings. The highest BCUT2D eigenvalue weighted by Crippen LogP contribution is 2.09. The van der Waals surface area contributed by atoms with Crippen molar-refractivity contribution in [3.63, 3.8) is 0 Å². The third-order valence-corrected chi connectivity index (χ3v) is 6.05. The van der Waals surface area contributed by atoms with Crippen LogP contribution in [0.15, 0.2) is 72.9 Å². The van der Waals surface area contributed by atoms with Gasteiger partial charge in [0.1, 0.15) is 19.3 Å². The molecule has 0 saturated carbocycles. The Kier molecular flexibility index (Phi) is 28.3. The molecule has 0 spiro atoms. The molecule has 0 aromatic heterocycles. The van der Waals surface area contributed by atoms with Crippen LogP contribution < -0.4 is 0 Å². The van der Waals surface area contributed by atoms with Gasteiger partial charge in [0.25, 0.3) is 0 Å². The molecule has 0 rings (SSSR count). The van der Waals surface area contributed by atoms with Gasteiger partial charge in [0.15, 0.2) is 0 Å². The second-order valence-corrected chi connectivity index (χ2v) is 10.0. The van der Waals surface area contributed by atoms with Gasteiger partial charge in [0.05, 0.1) is 6.10 Å². The maximum Gasteiger partial charge on any atom is 0.306 e. The number of carbonyl (C=O) groups is 2. The quantitative estimate of drug-likeness (QED) is 0.0472. The van der Waals surface area contributed by atoms with Crippen molar-refractivity contribution < 1.29 is 29.3 Å². The van der Waals surface area contributed by atoms with Gasteiger partial charge in [-0.15, -0.1) is 0 Å². The zero-order valence-corrected chi connectivity index (χ0v) is 25.6. The molecule has 1 unspecified atom stereocenters. The van der Waals surface area contributed by atoms with E-state index >= 15 is 0 Å². The number of ether oxygens (including phenoxy) is 2. The molecule has 41 heavy (non-hydrogen) atoms. The monoisotopic (exact) mass is 572 g/mol. The van der Waals surface area contributed by atoms with Crippen LogP contribution in [0, 0.1) is 0 Å². The summed E-state index contributed by atoms with van der Waals surface area (Å²) < 4.78 is 10.1. The summed E-state index contributed by atoms with van der Waals surface area (Å²) in [5.74, 6) is -0.705. The van der Waals surface area contributed by atoms with E-state index in [1.54, 1.807) is 6.08 Å². The van der Waals surface area contributed by atoms with E-state index in [-0.39, 0.29) is 31.6 Å². The molecule has 0 amide bonds. The fourth-order valence-corrected chi connectivity index (χ4v) is 3.66. The van der Waals surface area contributed by atoms with Crippen LogP contribution in [0.3, 0.4) is 0 Å². The smallest absolute Gasteiger partial charge is 0.306 e. The lowest BCUT2D eigenvalue weighted by molar-refractivity contribution is -0.152.